The summed E-state index contributed by atoms with van der Waals surface area (Å²) in [5.41, 5.74) is 4.14. The summed E-state index contributed by atoms with van der Waals surface area (Å²) in [5.74, 6) is 1.07. The summed E-state index contributed by atoms with van der Waals surface area (Å²) in [6.07, 6.45) is 2.21. The predicted octanol–water partition coefficient (Wildman–Crippen LogP) is 4.90. The number of nitro groups is 1. The van der Waals surface area contributed by atoms with Crippen molar-refractivity contribution in [2.24, 2.45) is 5.92 Å². The van der Waals surface area contributed by atoms with Crippen LogP contribution in [0, 0.1) is 16.0 Å². The van der Waals surface area contributed by atoms with Gasteiger partial charge in [-0.05, 0) is 23.5 Å². The fourth-order valence-electron chi connectivity index (χ4n) is 3.66. The number of rotatable bonds is 8. The average molecular weight is 384 g/mol. The molecule has 6 heteroatoms. The maximum absolute atomic E-state index is 11.3. The highest BCUT2D eigenvalue weighted by molar-refractivity contribution is 5.50. The number of benzene rings is 2. The minimum atomic E-state index is -0.370. The summed E-state index contributed by atoms with van der Waals surface area (Å²) in [6.45, 7) is 7.51. The van der Waals surface area contributed by atoms with E-state index in [2.05, 4.69) is 50.4 Å². The Bertz CT molecular complexity index is 818. The molecule has 6 nitrogen and oxygen atoms in total. The molecule has 0 aromatic heterocycles. The monoisotopic (exact) mass is 384 g/mol. The maximum Gasteiger partial charge on any atom is 0.270 e. The molecule has 0 spiro atoms. The zero-order chi connectivity index (χ0) is 20.1. The van der Waals surface area contributed by atoms with Crippen LogP contribution in [0.15, 0.2) is 36.4 Å². The van der Waals surface area contributed by atoms with Crippen LogP contribution in [0.5, 0.6) is 5.75 Å². The normalized spacial score (nSPS) is 14.4. The van der Waals surface area contributed by atoms with Gasteiger partial charge in [0.25, 0.3) is 5.69 Å². The van der Waals surface area contributed by atoms with Gasteiger partial charge in [-0.1, -0.05) is 51.5 Å². The highest BCUT2D eigenvalue weighted by Gasteiger charge is 2.22. The van der Waals surface area contributed by atoms with Gasteiger partial charge in [0, 0.05) is 35.8 Å². The fraction of sp³-hybridized carbons (Fsp3) is 0.455. The maximum atomic E-state index is 11.3. The lowest BCUT2D eigenvalue weighted by atomic mass is 9.94. The molecular weight excluding hydrogens is 356 g/mol. The Labute approximate surface area is 166 Å². The Hall–Kier alpha value is -2.44. The second-order valence-corrected chi connectivity index (χ2v) is 7.56. The van der Waals surface area contributed by atoms with Gasteiger partial charge in [-0.2, -0.15) is 0 Å². The topological polar surface area (TPSA) is 73.6 Å². The van der Waals surface area contributed by atoms with E-state index in [9.17, 15) is 10.1 Å². The first-order valence-corrected chi connectivity index (χ1v) is 9.82. The lowest BCUT2D eigenvalue weighted by Crippen LogP contribution is -2.26. The van der Waals surface area contributed by atoms with Crippen molar-refractivity contribution >= 4 is 5.69 Å². The van der Waals surface area contributed by atoms with Crippen molar-refractivity contribution < 1.29 is 14.4 Å². The van der Waals surface area contributed by atoms with Crippen molar-refractivity contribution in [3.8, 4) is 5.75 Å². The summed E-state index contributed by atoms with van der Waals surface area (Å²) in [4.78, 5) is 10.9. The molecule has 28 heavy (non-hydrogen) atoms. The summed E-state index contributed by atoms with van der Waals surface area (Å²) in [6, 6.07) is 12.0. The number of nitrogens with one attached hydrogen (secondary N) is 1. The number of hydrogen-bond donors (Lipinski definition) is 1. The molecule has 0 aliphatic carbocycles. The van der Waals surface area contributed by atoms with Gasteiger partial charge in [0.2, 0.25) is 0 Å². The van der Waals surface area contributed by atoms with Crippen LogP contribution in [0.25, 0.3) is 0 Å². The van der Waals surface area contributed by atoms with Crippen molar-refractivity contribution in [1.29, 1.82) is 0 Å². The molecule has 3 rings (SSSR count). The third-order valence-corrected chi connectivity index (χ3v) is 5.04. The second-order valence-electron chi connectivity index (χ2n) is 7.56. The van der Waals surface area contributed by atoms with Crippen LogP contribution in [-0.4, -0.2) is 11.7 Å². The number of fused-ring (bicyclic) bond motifs is 1. The molecule has 0 amide bonds. The van der Waals surface area contributed by atoms with E-state index in [0.29, 0.717) is 24.8 Å². The number of nitro benzene ring substituents is 1. The Morgan fingerprint density at radius 1 is 1.21 bits per heavy atom. The summed E-state index contributed by atoms with van der Waals surface area (Å²) in [5, 5.41) is 14.9. The molecule has 1 unspecified atom stereocenters. The summed E-state index contributed by atoms with van der Waals surface area (Å²) >= 11 is 0. The molecule has 0 fully saturated rings. The van der Waals surface area contributed by atoms with Gasteiger partial charge in [0.1, 0.15) is 5.75 Å². The molecule has 150 valence electrons. The van der Waals surface area contributed by atoms with Gasteiger partial charge in [-0.25, -0.2) is 0 Å². The molecule has 1 atom stereocenters. The summed E-state index contributed by atoms with van der Waals surface area (Å²) in [7, 11) is 0. The predicted molar refractivity (Wildman–Crippen MR) is 108 cm³/mol. The molecule has 0 saturated heterocycles. The van der Waals surface area contributed by atoms with Gasteiger partial charge in [-0.15, -0.1) is 0 Å². The molecule has 0 radical (unpaired) electrons. The van der Waals surface area contributed by atoms with E-state index in [0.717, 1.165) is 24.0 Å². The van der Waals surface area contributed by atoms with Crippen molar-refractivity contribution in [3.05, 3.63) is 68.8 Å². The number of non-ortho nitro benzene ring substituents is 1. The SMILES string of the molecule is CCCc1ccc(C(NCc2cc([N+](=O)[O-])cc3c2OCOC3)C(C)C)cc1. The molecule has 2 aromatic carbocycles. The summed E-state index contributed by atoms with van der Waals surface area (Å²) < 4.78 is 10.9. The van der Waals surface area contributed by atoms with E-state index in [1.54, 1.807) is 6.07 Å². The lowest BCUT2D eigenvalue weighted by Gasteiger charge is -2.25. The van der Waals surface area contributed by atoms with Crippen molar-refractivity contribution in [1.82, 2.24) is 5.32 Å². The molecular formula is C22H28N2O4. The minimum absolute atomic E-state index is 0.0645. The molecule has 0 bridgehead atoms. The molecule has 1 aliphatic rings. The van der Waals surface area contributed by atoms with E-state index < -0.39 is 0 Å². The van der Waals surface area contributed by atoms with E-state index in [-0.39, 0.29) is 23.4 Å². The van der Waals surface area contributed by atoms with Crippen LogP contribution >= 0.6 is 0 Å². The quantitative estimate of drug-likeness (QED) is 0.517. The van der Waals surface area contributed by atoms with Crippen molar-refractivity contribution in [2.75, 3.05) is 6.79 Å². The van der Waals surface area contributed by atoms with Crippen LogP contribution in [0.1, 0.15) is 55.5 Å². The van der Waals surface area contributed by atoms with Gasteiger partial charge in [0.15, 0.2) is 6.79 Å². The van der Waals surface area contributed by atoms with Crippen LogP contribution in [0.2, 0.25) is 0 Å². The van der Waals surface area contributed by atoms with E-state index in [1.165, 1.54) is 17.2 Å². The van der Waals surface area contributed by atoms with Crippen LogP contribution in [0.3, 0.4) is 0 Å². The fourth-order valence-corrected chi connectivity index (χ4v) is 3.66. The van der Waals surface area contributed by atoms with Gasteiger partial charge < -0.3 is 14.8 Å². The highest BCUT2D eigenvalue weighted by atomic mass is 16.7. The number of aryl methyl sites for hydroxylation is 1. The lowest BCUT2D eigenvalue weighted by molar-refractivity contribution is -0.385. The molecule has 1 aliphatic heterocycles. The number of hydrogen-bond acceptors (Lipinski definition) is 5. The Kier molecular flexibility index (Phi) is 6.65. The second kappa shape index (κ2) is 9.17. The Morgan fingerprint density at radius 3 is 2.61 bits per heavy atom. The first-order valence-electron chi connectivity index (χ1n) is 9.82. The average Bonchev–Trinajstić information content (AvgIpc) is 2.69. The Morgan fingerprint density at radius 2 is 1.96 bits per heavy atom. The third kappa shape index (κ3) is 4.69. The van der Waals surface area contributed by atoms with Gasteiger partial charge >= 0.3 is 0 Å². The van der Waals surface area contributed by atoms with E-state index in [1.807, 2.05) is 0 Å². The Balaban J connectivity index is 1.82. The smallest absolute Gasteiger partial charge is 0.270 e. The van der Waals surface area contributed by atoms with Crippen molar-refractivity contribution in [2.45, 2.75) is 52.8 Å². The third-order valence-electron chi connectivity index (χ3n) is 5.04. The minimum Gasteiger partial charge on any atom is -0.467 e. The first kappa shape index (κ1) is 20.3. The van der Waals surface area contributed by atoms with Gasteiger partial charge in [0.05, 0.1) is 11.5 Å². The highest BCUT2D eigenvalue weighted by Crippen LogP contribution is 2.33. The number of nitrogens with zero attached hydrogens (tertiary/aromatic N) is 1. The van der Waals surface area contributed by atoms with E-state index in [4.69, 9.17) is 9.47 Å². The van der Waals surface area contributed by atoms with Crippen molar-refractivity contribution in [3.63, 3.8) is 0 Å². The zero-order valence-corrected chi connectivity index (χ0v) is 16.7. The zero-order valence-electron chi connectivity index (χ0n) is 16.7. The molecule has 0 saturated carbocycles. The van der Waals surface area contributed by atoms with Crippen LogP contribution < -0.4 is 10.1 Å². The molecule has 1 N–H and O–H groups in total. The number of ether oxygens (including phenoxy) is 2. The van der Waals surface area contributed by atoms with Crippen LogP contribution in [0.4, 0.5) is 5.69 Å². The van der Waals surface area contributed by atoms with Gasteiger partial charge in [-0.3, -0.25) is 10.1 Å². The standard InChI is InChI=1S/C22H28N2O4/c1-4-5-16-6-8-17(9-7-16)21(15(2)3)23-12-18-10-20(24(25)26)11-19-13-27-14-28-22(18)19/h6-11,15,21,23H,4-5,12-14H2,1-3H3. The van der Waals surface area contributed by atoms with E-state index >= 15 is 0 Å². The van der Waals surface area contributed by atoms with Crippen LogP contribution in [-0.2, 0) is 24.3 Å². The first-order chi connectivity index (χ1) is 13.5. The molecule has 2 aromatic rings. The molecule has 1 heterocycles. The largest absolute Gasteiger partial charge is 0.467 e.